The van der Waals surface area contributed by atoms with Gasteiger partial charge in [0.25, 0.3) is 0 Å². The van der Waals surface area contributed by atoms with E-state index in [-0.39, 0.29) is 5.41 Å². The minimum Gasteiger partial charge on any atom is -0.349 e. The summed E-state index contributed by atoms with van der Waals surface area (Å²) in [4.78, 5) is 12.2. The number of aromatic nitrogens is 2. The first-order valence-corrected chi connectivity index (χ1v) is 16.9. The van der Waals surface area contributed by atoms with E-state index in [9.17, 15) is 0 Å². The van der Waals surface area contributed by atoms with Crippen molar-refractivity contribution in [1.29, 1.82) is 0 Å². The third-order valence-corrected chi connectivity index (χ3v) is 9.57. The van der Waals surface area contributed by atoms with Crippen molar-refractivity contribution in [3.8, 4) is 5.82 Å². The number of hydrogen-bond donors (Lipinski definition) is 0. The van der Waals surface area contributed by atoms with Crippen LogP contribution in [0, 0.1) is 0 Å². The highest BCUT2D eigenvalue weighted by atomic mass is 15.4. The second kappa shape index (κ2) is 11.6. The first-order chi connectivity index (χ1) is 23.3. The molecule has 48 heavy (non-hydrogen) atoms. The van der Waals surface area contributed by atoms with Gasteiger partial charge in [-0.15, -0.1) is 0 Å². The lowest BCUT2D eigenvalue weighted by molar-refractivity contribution is 0.588. The zero-order valence-electron chi connectivity index (χ0n) is 28.3. The molecule has 0 unspecified atom stereocenters. The Hall–Kier alpha value is -5.55. The number of nitrogens with zero attached hydrogens (tertiary/aromatic N) is 5. The zero-order chi connectivity index (χ0) is 33.0. The average Bonchev–Trinajstić information content (AvgIpc) is 3.65. The summed E-state index contributed by atoms with van der Waals surface area (Å²) in [5, 5.41) is 2.43. The molecule has 0 atom stereocenters. The van der Waals surface area contributed by atoms with Gasteiger partial charge in [-0.3, -0.25) is 4.57 Å². The molecular weight excluding hydrogens is 587 g/mol. The van der Waals surface area contributed by atoms with Gasteiger partial charge >= 0.3 is 0 Å². The molecule has 238 valence electrons. The zero-order valence-corrected chi connectivity index (χ0v) is 28.3. The summed E-state index contributed by atoms with van der Waals surface area (Å²) in [6, 6.07) is 48.6. The molecule has 5 aromatic carbocycles. The molecule has 7 aromatic rings. The SMILES string of the molecule is CC(C)N1CN(c2cccc(N(c3ccccc3)c3ccc4c5ccccc5n(-c5cc(C(C)(C)C)ccn5)c4c3)c2)c2ccccc21. The van der Waals surface area contributed by atoms with E-state index in [1.807, 2.05) is 6.20 Å². The largest absolute Gasteiger partial charge is 0.349 e. The van der Waals surface area contributed by atoms with Crippen LogP contribution in [-0.4, -0.2) is 22.3 Å². The summed E-state index contributed by atoms with van der Waals surface area (Å²) in [5.41, 5.74) is 10.5. The second-order valence-corrected chi connectivity index (χ2v) is 14.0. The molecule has 0 radical (unpaired) electrons. The Morgan fingerprint density at radius 1 is 0.625 bits per heavy atom. The minimum atomic E-state index is 0.0127. The number of para-hydroxylation sites is 4. The highest BCUT2D eigenvalue weighted by Crippen LogP contribution is 2.44. The molecule has 1 aliphatic rings. The van der Waals surface area contributed by atoms with Gasteiger partial charge in [-0.1, -0.05) is 81.4 Å². The summed E-state index contributed by atoms with van der Waals surface area (Å²) < 4.78 is 2.32. The van der Waals surface area contributed by atoms with Crippen molar-refractivity contribution in [2.75, 3.05) is 21.4 Å². The third kappa shape index (κ3) is 5.07. The van der Waals surface area contributed by atoms with Crippen LogP contribution in [0.15, 0.2) is 140 Å². The summed E-state index contributed by atoms with van der Waals surface area (Å²) in [5.74, 6) is 0.932. The van der Waals surface area contributed by atoms with Crippen LogP contribution in [0.1, 0.15) is 40.2 Å². The number of anilines is 6. The van der Waals surface area contributed by atoms with Crippen molar-refractivity contribution in [2.45, 2.75) is 46.1 Å². The molecule has 2 aromatic heterocycles. The van der Waals surface area contributed by atoms with Gasteiger partial charge in [0.05, 0.1) is 29.1 Å². The maximum Gasteiger partial charge on any atom is 0.137 e. The minimum absolute atomic E-state index is 0.0127. The number of hydrogen-bond acceptors (Lipinski definition) is 4. The number of pyridine rings is 1. The van der Waals surface area contributed by atoms with Crippen molar-refractivity contribution in [1.82, 2.24) is 9.55 Å². The number of fused-ring (bicyclic) bond motifs is 4. The van der Waals surface area contributed by atoms with Crippen LogP contribution >= 0.6 is 0 Å². The van der Waals surface area contributed by atoms with Crippen LogP contribution in [-0.2, 0) is 5.41 Å². The van der Waals surface area contributed by atoms with Crippen LogP contribution in [0.5, 0.6) is 0 Å². The molecule has 3 heterocycles. The van der Waals surface area contributed by atoms with Crippen LogP contribution in [0.25, 0.3) is 27.6 Å². The maximum absolute atomic E-state index is 4.92. The molecular formula is C43H41N5. The van der Waals surface area contributed by atoms with Crippen molar-refractivity contribution >= 4 is 55.9 Å². The van der Waals surface area contributed by atoms with E-state index in [0.717, 1.165) is 40.6 Å². The predicted octanol–water partition coefficient (Wildman–Crippen LogP) is 11.3. The second-order valence-electron chi connectivity index (χ2n) is 14.0. The van der Waals surface area contributed by atoms with Crippen LogP contribution in [0.3, 0.4) is 0 Å². The standard InChI is InChI=1S/C43H41N5/c1-30(2)45-29-46(40-21-12-11-20-39(40)45)33-16-13-17-34(27-33)47(32-14-7-6-8-15-32)35-22-23-37-36-18-9-10-19-38(36)48(41(37)28-35)42-26-31(24-25-44-42)43(3,4)5/h6-28,30H,29H2,1-5H3. The molecule has 5 heteroatoms. The molecule has 8 rings (SSSR count). The lowest BCUT2D eigenvalue weighted by atomic mass is 9.88. The summed E-state index contributed by atoms with van der Waals surface area (Å²) in [7, 11) is 0. The fraction of sp³-hybridized carbons (Fsp3) is 0.186. The number of rotatable bonds is 6. The van der Waals surface area contributed by atoms with Gasteiger partial charge in [-0.25, -0.2) is 4.98 Å². The van der Waals surface area contributed by atoms with Gasteiger partial charge in [0.2, 0.25) is 0 Å². The molecule has 1 aliphatic heterocycles. The Morgan fingerprint density at radius 3 is 2.10 bits per heavy atom. The van der Waals surface area contributed by atoms with Gasteiger partial charge in [-0.2, -0.15) is 0 Å². The predicted molar refractivity (Wildman–Crippen MR) is 203 cm³/mol. The Balaban J connectivity index is 1.30. The van der Waals surface area contributed by atoms with Crippen LogP contribution in [0.2, 0.25) is 0 Å². The average molecular weight is 628 g/mol. The van der Waals surface area contributed by atoms with Gasteiger partial charge in [0.15, 0.2) is 0 Å². The molecule has 0 amide bonds. The van der Waals surface area contributed by atoms with Crippen molar-refractivity contribution in [2.24, 2.45) is 0 Å². The quantitative estimate of drug-likeness (QED) is 0.183. The highest BCUT2D eigenvalue weighted by molar-refractivity contribution is 6.10. The highest BCUT2D eigenvalue weighted by Gasteiger charge is 2.29. The topological polar surface area (TPSA) is 27.5 Å². The molecule has 0 bridgehead atoms. The molecule has 0 aliphatic carbocycles. The Labute approximate surface area is 283 Å². The molecule has 0 saturated heterocycles. The molecule has 0 spiro atoms. The lowest BCUT2D eigenvalue weighted by Gasteiger charge is -2.28. The molecule has 5 nitrogen and oxygen atoms in total. The van der Waals surface area contributed by atoms with E-state index in [2.05, 4.69) is 187 Å². The van der Waals surface area contributed by atoms with Gasteiger partial charge in [-0.05, 0) is 97.6 Å². The Kier molecular flexibility index (Phi) is 7.21. The van der Waals surface area contributed by atoms with Gasteiger partial charge in [0.1, 0.15) is 5.82 Å². The van der Waals surface area contributed by atoms with E-state index >= 15 is 0 Å². The third-order valence-electron chi connectivity index (χ3n) is 9.57. The van der Waals surface area contributed by atoms with Crippen molar-refractivity contribution in [3.63, 3.8) is 0 Å². The Morgan fingerprint density at radius 2 is 1.31 bits per heavy atom. The van der Waals surface area contributed by atoms with Crippen molar-refractivity contribution < 1.29 is 0 Å². The fourth-order valence-corrected chi connectivity index (χ4v) is 7.08. The van der Waals surface area contributed by atoms with E-state index in [4.69, 9.17) is 4.98 Å². The Bertz CT molecular complexity index is 2260. The summed E-state index contributed by atoms with van der Waals surface area (Å²) in [6.07, 6.45) is 1.94. The normalized spacial score (nSPS) is 13.1. The number of benzene rings is 5. The van der Waals surface area contributed by atoms with Crippen LogP contribution < -0.4 is 14.7 Å². The first kappa shape index (κ1) is 29.8. The first-order valence-electron chi connectivity index (χ1n) is 16.9. The lowest BCUT2D eigenvalue weighted by Crippen LogP contribution is -2.33. The maximum atomic E-state index is 4.92. The monoisotopic (exact) mass is 627 g/mol. The molecule has 0 fully saturated rings. The van der Waals surface area contributed by atoms with Gasteiger partial charge < -0.3 is 14.7 Å². The molecule has 0 N–H and O–H groups in total. The molecule has 0 saturated carbocycles. The van der Waals surface area contributed by atoms with Gasteiger partial charge in [0, 0.05) is 45.8 Å². The summed E-state index contributed by atoms with van der Waals surface area (Å²) >= 11 is 0. The smallest absolute Gasteiger partial charge is 0.137 e. The summed E-state index contributed by atoms with van der Waals surface area (Å²) in [6.45, 7) is 12.1. The van der Waals surface area contributed by atoms with E-state index in [0.29, 0.717) is 6.04 Å². The van der Waals surface area contributed by atoms with E-state index in [1.165, 1.54) is 33.4 Å². The fourth-order valence-electron chi connectivity index (χ4n) is 7.08. The van der Waals surface area contributed by atoms with Crippen molar-refractivity contribution in [3.05, 3.63) is 145 Å². The van der Waals surface area contributed by atoms with Crippen LogP contribution in [0.4, 0.5) is 34.1 Å². The van der Waals surface area contributed by atoms with E-state index in [1.54, 1.807) is 0 Å². The van der Waals surface area contributed by atoms with E-state index < -0.39 is 0 Å².